The summed E-state index contributed by atoms with van der Waals surface area (Å²) in [5, 5.41) is 21.5. The number of nitrogens with zero attached hydrogens (tertiary/aromatic N) is 3. The predicted octanol–water partition coefficient (Wildman–Crippen LogP) is 2.28. The molecule has 8 heteroatoms. The van der Waals surface area contributed by atoms with Gasteiger partial charge in [-0.3, -0.25) is 10.1 Å². The lowest BCUT2D eigenvalue weighted by Crippen LogP contribution is -2.21. The van der Waals surface area contributed by atoms with Crippen molar-refractivity contribution in [2.75, 3.05) is 0 Å². The Morgan fingerprint density at radius 3 is 2.85 bits per heavy atom. The Kier molecular flexibility index (Phi) is 4.04. The third-order valence-corrected chi connectivity index (χ3v) is 2.52. The second-order valence-corrected chi connectivity index (χ2v) is 4.46. The molecule has 2 rings (SSSR count). The van der Waals surface area contributed by atoms with Crippen LogP contribution in [0.4, 0.5) is 10.1 Å². The highest BCUT2D eigenvalue weighted by Gasteiger charge is 2.21. The summed E-state index contributed by atoms with van der Waals surface area (Å²) in [6.45, 7) is 4.28. The van der Waals surface area contributed by atoms with Gasteiger partial charge in [0.2, 0.25) is 5.89 Å². The lowest BCUT2D eigenvalue weighted by molar-refractivity contribution is -0.384. The van der Waals surface area contributed by atoms with Gasteiger partial charge < -0.3 is 9.73 Å². The van der Waals surface area contributed by atoms with E-state index in [9.17, 15) is 14.5 Å². The summed E-state index contributed by atoms with van der Waals surface area (Å²) in [5.41, 5.74) is -0.309. The van der Waals surface area contributed by atoms with Gasteiger partial charge in [-0.2, -0.15) is 0 Å². The number of hydrogen-bond acceptors (Lipinski definition) is 6. The summed E-state index contributed by atoms with van der Waals surface area (Å²) < 4.78 is 18.4. The molecule has 0 unspecified atom stereocenters. The molecule has 0 spiro atoms. The smallest absolute Gasteiger partial charge is 0.285 e. The van der Waals surface area contributed by atoms with Crippen molar-refractivity contribution in [3.63, 3.8) is 0 Å². The Balaban J connectivity index is 2.30. The summed E-state index contributed by atoms with van der Waals surface area (Å²) >= 11 is 0. The molecule has 0 aliphatic heterocycles. The lowest BCUT2D eigenvalue weighted by atomic mass is 10.2. The van der Waals surface area contributed by atoms with Crippen LogP contribution in [-0.2, 0) is 6.54 Å². The summed E-state index contributed by atoms with van der Waals surface area (Å²) in [6, 6.07) is 3.43. The van der Waals surface area contributed by atoms with Crippen molar-refractivity contribution in [3.05, 3.63) is 40.0 Å². The van der Waals surface area contributed by atoms with Gasteiger partial charge in [0, 0.05) is 6.04 Å². The molecule has 0 atom stereocenters. The van der Waals surface area contributed by atoms with Gasteiger partial charge in [0.05, 0.1) is 17.5 Å². The highest BCUT2D eigenvalue weighted by atomic mass is 19.1. The van der Waals surface area contributed by atoms with E-state index in [4.69, 9.17) is 4.42 Å². The second kappa shape index (κ2) is 5.74. The van der Waals surface area contributed by atoms with Crippen LogP contribution in [0.1, 0.15) is 19.7 Å². The van der Waals surface area contributed by atoms with Crippen LogP contribution in [0.2, 0.25) is 0 Å². The van der Waals surface area contributed by atoms with E-state index >= 15 is 0 Å². The van der Waals surface area contributed by atoms with E-state index in [0.717, 1.165) is 12.1 Å². The number of hydrogen-bond donors (Lipinski definition) is 1. The SMILES string of the molecule is CC(C)NCc1nnc(-c2ccc(F)cc2[N+](=O)[O-])o1. The van der Waals surface area contributed by atoms with Crippen LogP contribution in [0.15, 0.2) is 22.6 Å². The number of benzene rings is 1. The number of nitro benzene ring substituents is 1. The minimum absolute atomic E-state index is 0.00254. The van der Waals surface area contributed by atoms with Gasteiger partial charge in [-0.1, -0.05) is 13.8 Å². The zero-order valence-corrected chi connectivity index (χ0v) is 11.0. The van der Waals surface area contributed by atoms with Gasteiger partial charge in [-0.15, -0.1) is 10.2 Å². The van der Waals surface area contributed by atoms with Gasteiger partial charge in [-0.25, -0.2) is 4.39 Å². The Bertz CT molecular complexity index is 627. The van der Waals surface area contributed by atoms with Crippen molar-refractivity contribution in [1.82, 2.24) is 15.5 Å². The quantitative estimate of drug-likeness (QED) is 0.667. The molecular formula is C12H13FN4O3. The highest BCUT2D eigenvalue weighted by molar-refractivity contribution is 5.66. The lowest BCUT2D eigenvalue weighted by Gasteiger charge is -2.03. The van der Waals surface area contributed by atoms with Crippen molar-refractivity contribution < 1.29 is 13.7 Å². The molecule has 0 radical (unpaired) electrons. The van der Waals surface area contributed by atoms with E-state index in [1.54, 1.807) is 0 Å². The minimum Gasteiger partial charge on any atom is -0.419 e. The maximum atomic E-state index is 13.1. The molecule has 0 aliphatic rings. The van der Waals surface area contributed by atoms with Gasteiger partial charge in [-0.05, 0) is 12.1 Å². The number of halogens is 1. The highest BCUT2D eigenvalue weighted by Crippen LogP contribution is 2.29. The summed E-state index contributed by atoms with van der Waals surface area (Å²) in [6.07, 6.45) is 0. The largest absolute Gasteiger partial charge is 0.419 e. The van der Waals surface area contributed by atoms with Gasteiger partial charge in [0.25, 0.3) is 11.6 Å². The average Bonchev–Trinajstić information content (AvgIpc) is 2.84. The van der Waals surface area contributed by atoms with Crippen LogP contribution in [-0.4, -0.2) is 21.2 Å². The summed E-state index contributed by atoms with van der Waals surface area (Å²) in [4.78, 5) is 10.2. The molecule has 1 N–H and O–H groups in total. The third-order valence-electron chi connectivity index (χ3n) is 2.52. The fraction of sp³-hybridized carbons (Fsp3) is 0.333. The van der Waals surface area contributed by atoms with Crippen molar-refractivity contribution >= 4 is 5.69 Å². The average molecular weight is 280 g/mol. The van der Waals surface area contributed by atoms with Crippen molar-refractivity contribution in [3.8, 4) is 11.5 Å². The van der Waals surface area contributed by atoms with E-state index in [1.165, 1.54) is 6.07 Å². The van der Waals surface area contributed by atoms with Crippen molar-refractivity contribution in [2.45, 2.75) is 26.4 Å². The molecule has 2 aromatic rings. The van der Waals surface area contributed by atoms with E-state index in [2.05, 4.69) is 15.5 Å². The van der Waals surface area contributed by atoms with Crippen LogP contribution in [0.25, 0.3) is 11.5 Å². The Hall–Kier alpha value is -2.35. The fourth-order valence-corrected chi connectivity index (χ4v) is 1.56. The molecule has 0 bridgehead atoms. The molecule has 1 heterocycles. The van der Waals surface area contributed by atoms with Crippen LogP contribution in [0, 0.1) is 15.9 Å². The first-order valence-corrected chi connectivity index (χ1v) is 5.97. The molecule has 1 aromatic heterocycles. The van der Waals surface area contributed by atoms with Crippen LogP contribution >= 0.6 is 0 Å². The monoisotopic (exact) mass is 280 g/mol. The molecular weight excluding hydrogens is 267 g/mol. The molecule has 106 valence electrons. The fourth-order valence-electron chi connectivity index (χ4n) is 1.56. The topological polar surface area (TPSA) is 94.1 Å². The van der Waals surface area contributed by atoms with Crippen molar-refractivity contribution in [2.24, 2.45) is 0 Å². The number of rotatable bonds is 5. The normalized spacial score (nSPS) is 11.0. The molecule has 20 heavy (non-hydrogen) atoms. The first-order chi connectivity index (χ1) is 9.47. The van der Waals surface area contributed by atoms with Crippen LogP contribution in [0.5, 0.6) is 0 Å². The summed E-state index contributed by atoms with van der Waals surface area (Å²) in [7, 11) is 0. The molecule has 0 saturated carbocycles. The molecule has 7 nitrogen and oxygen atoms in total. The molecule has 1 aromatic carbocycles. The van der Waals surface area contributed by atoms with Gasteiger partial charge in [0.15, 0.2) is 0 Å². The first kappa shape index (κ1) is 14.1. The maximum absolute atomic E-state index is 13.1. The third kappa shape index (κ3) is 3.15. The molecule has 0 saturated heterocycles. The van der Waals surface area contributed by atoms with Crippen LogP contribution < -0.4 is 5.32 Å². The number of aromatic nitrogens is 2. The molecule has 0 amide bonds. The van der Waals surface area contributed by atoms with Gasteiger partial charge in [0.1, 0.15) is 11.4 Å². The van der Waals surface area contributed by atoms with Crippen molar-refractivity contribution in [1.29, 1.82) is 0 Å². The van der Waals surface area contributed by atoms with Crippen LogP contribution in [0.3, 0.4) is 0 Å². The number of nitro groups is 1. The van der Waals surface area contributed by atoms with E-state index in [1.807, 2.05) is 13.8 Å². The Morgan fingerprint density at radius 2 is 2.20 bits per heavy atom. The van der Waals surface area contributed by atoms with E-state index in [-0.39, 0.29) is 17.5 Å². The number of nitrogens with one attached hydrogen (secondary N) is 1. The van der Waals surface area contributed by atoms with Gasteiger partial charge >= 0.3 is 0 Å². The second-order valence-electron chi connectivity index (χ2n) is 4.46. The Labute approximate surface area is 114 Å². The predicted molar refractivity (Wildman–Crippen MR) is 68.3 cm³/mol. The Morgan fingerprint density at radius 1 is 1.45 bits per heavy atom. The first-order valence-electron chi connectivity index (χ1n) is 5.97. The van der Waals surface area contributed by atoms with E-state index in [0.29, 0.717) is 12.4 Å². The maximum Gasteiger partial charge on any atom is 0.285 e. The minimum atomic E-state index is -0.693. The zero-order chi connectivity index (χ0) is 14.7. The molecule has 0 aliphatic carbocycles. The standard InChI is InChI=1S/C12H13FN4O3/c1-7(2)14-6-11-15-16-12(20-11)9-4-3-8(13)5-10(9)17(18)19/h3-5,7,14H,6H2,1-2H3. The zero-order valence-electron chi connectivity index (χ0n) is 11.0. The summed E-state index contributed by atoms with van der Waals surface area (Å²) in [5.74, 6) is -0.383. The molecule has 0 fully saturated rings. The van der Waals surface area contributed by atoms with E-state index < -0.39 is 16.4 Å².